The lowest BCUT2D eigenvalue weighted by Gasteiger charge is -2.31. The number of guanidine groups is 1. The Hall–Kier alpha value is -2.76. The number of carbonyl (C=O) groups excluding carboxylic acids is 1. The molecule has 2 N–H and O–H groups in total. The molecule has 1 aliphatic rings. The summed E-state index contributed by atoms with van der Waals surface area (Å²) in [4.78, 5) is 18.7. The Kier molecular flexibility index (Phi) is 5.72. The predicted molar refractivity (Wildman–Crippen MR) is 97.1 cm³/mol. The SMILES string of the molecule is CCNC(=NCC(=O)NCc1ccco1)N1CCc2ccccc2C1. The first-order valence-corrected chi connectivity index (χ1v) is 8.65. The highest BCUT2D eigenvalue weighted by Crippen LogP contribution is 2.18. The van der Waals surface area contributed by atoms with Crippen molar-refractivity contribution in [2.75, 3.05) is 19.6 Å². The van der Waals surface area contributed by atoms with Crippen molar-refractivity contribution >= 4 is 11.9 Å². The molecule has 0 bridgehead atoms. The van der Waals surface area contributed by atoms with E-state index in [4.69, 9.17) is 4.42 Å². The number of furan rings is 1. The van der Waals surface area contributed by atoms with Gasteiger partial charge in [-0.05, 0) is 36.6 Å². The molecule has 25 heavy (non-hydrogen) atoms. The topological polar surface area (TPSA) is 69.9 Å². The number of rotatable bonds is 5. The zero-order valence-corrected chi connectivity index (χ0v) is 14.5. The van der Waals surface area contributed by atoms with E-state index in [1.165, 1.54) is 11.1 Å². The molecule has 1 aliphatic heterocycles. The van der Waals surface area contributed by atoms with Gasteiger partial charge >= 0.3 is 0 Å². The fraction of sp³-hybridized carbons (Fsp3) is 0.368. The Balaban J connectivity index is 1.58. The molecule has 0 aliphatic carbocycles. The lowest BCUT2D eigenvalue weighted by atomic mass is 10.0. The van der Waals surface area contributed by atoms with Gasteiger partial charge in [0, 0.05) is 19.6 Å². The molecule has 0 saturated carbocycles. The van der Waals surface area contributed by atoms with Crippen LogP contribution in [0, 0.1) is 0 Å². The molecule has 1 amide bonds. The molecule has 0 unspecified atom stereocenters. The van der Waals surface area contributed by atoms with Crippen LogP contribution in [0.2, 0.25) is 0 Å². The zero-order chi connectivity index (χ0) is 17.5. The molecule has 0 radical (unpaired) electrons. The number of benzene rings is 1. The van der Waals surface area contributed by atoms with Crippen molar-refractivity contribution in [2.45, 2.75) is 26.4 Å². The summed E-state index contributed by atoms with van der Waals surface area (Å²) >= 11 is 0. The Morgan fingerprint density at radius 2 is 2.04 bits per heavy atom. The summed E-state index contributed by atoms with van der Waals surface area (Å²) in [6.45, 7) is 5.00. The number of amides is 1. The van der Waals surface area contributed by atoms with E-state index in [1.54, 1.807) is 12.3 Å². The molecular weight excluding hydrogens is 316 g/mol. The maximum Gasteiger partial charge on any atom is 0.242 e. The van der Waals surface area contributed by atoms with Crippen molar-refractivity contribution in [1.29, 1.82) is 0 Å². The summed E-state index contributed by atoms with van der Waals surface area (Å²) in [6.07, 6.45) is 2.59. The monoisotopic (exact) mass is 340 g/mol. The first-order chi connectivity index (χ1) is 12.3. The van der Waals surface area contributed by atoms with Crippen LogP contribution in [0.4, 0.5) is 0 Å². The van der Waals surface area contributed by atoms with Gasteiger partial charge in [0.2, 0.25) is 5.91 Å². The largest absolute Gasteiger partial charge is 0.467 e. The van der Waals surface area contributed by atoms with E-state index >= 15 is 0 Å². The summed E-state index contributed by atoms with van der Waals surface area (Å²) in [5.41, 5.74) is 2.72. The highest BCUT2D eigenvalue weighted by atomic mass is 16.3. The molecule has 0 spiro atoms. The van der Waals surface area contributed by atoms with E-state index in [0.29, 0.717) is 6.54 Å². The predicted octanol–water partition coefficient (Wildman–Crippen LogP) is 1.92. The van der Waals surface area contributed by atoms with E-state index in [-0.39, 0.29) is 12.5 Å². The van der Waals surface area contributed by atoms with Gasteiger partial charge in [0.1, 0.15) is 12.3 Å². The van der Waals surface area contributed by atoms with Gasteiger partial charge in [0.25, 0.3) is 0 Å². The fourth-order valence-corrected chi connectivity index (χ4v) is 2.90. The lowest BCUT2D eigenvalue weighted by molar-refractivity contribution is -0.119. The van der Waals surface area contributed by atoms with Crippen LogP contribution in [0.15, 0.2) is 52.1 Å². The zero-order valence-electron chi connectivity index (χ0n) is 14.5. The highest BCUT2D eigenvalue weighted by Gasteiger charge is 2.18. The number of nitrogens with one attached hydrogen (secondary N) is 2. The molecule has 0 fully saturated rings. The van der Waals surface area contributed by atoms with Gasteiger partial charge < -0.3 is 20.0 Å². The van der Waals surface area contributed by atoms with Crippen molar-refractivity contribution in [3.8, 4) is 0 Å². The Bertz CT molecular complexity index is 725. The summed E-state index contributed by atoms with van der Waals surface area (Å²) in [7, 11) is 0. The van der Waals surface area contributed by atoms with Crippen LogP contribution in [-0.2, 0) is 24.3 Å². The molecular formula is C19H24N4O2. The minimum atomic E-state index is -0.121. The Morgan fingerprint density at radius 3 is 2.80 bits per heavy atom. The second kappa shape index (κ2) is 8.37. The van der Waals surface area contributed by atoms with Crippen LogP contribution in [-0.4, -0.2) is 36.4 Å². The second-order valence-corrected chi connectivity index (χ2v) is 5.97. The van der Waals surface area contributed by atoms with Crippen molar-refractivity contribution in [2.24, 2.45) is 4.99 Å². The number of carbonyl (C=O) groups is 1. The average Bonchev–Trinajstić information content (AvgIpc) is 3.16. The van der Waals surface area contributed by atoms with Crippen LogP contribution < -0.4 is 10.6 Å². The summed E-state index contributed by atoms with van der Waals surface area (Å²) in [5, 5.41) is 6.10. The number of aliphatic imine (C=N–C) groups is 1. The van der Waals surface area contributed by atoms with Gasteiger partial charge in [-0.2, -0.15) is 0 Å². The van der Waals surface area contributed by atoms with Gasteiger partial charge in [-0.1, -0.05) is 24.3 Å². The van der Waals surface area contributed by atoms with E-state index in [0.717, 1.165) is 37.8 Å². The van der Waals surface area contributed by atoms with Crippen molar-refractivity contribution < 1.29 is 9.21 Å². The van der Waals surface area contributed by atoms with E-state index < -0.39 is 0 Å². The number of nitrogens with zero attached hydrogens (tertiary/aromatic N) is 2. The third-order valence-electron chi connectivity index (χ3n) is 4.18. The van der Waals surface area contributed by atoms with Gasteiger partial charge in [0.05, 0.1) is 12.8 Å². The quantitative estimate of drug-likeness (QED) is 0.644. The van der Waals surface area contributed by atoms with Gasteiger partial charge in [0.15, 0.2) is 5.96 Å². The average molecular weight is 340 g/mol. The van der Waals surface area contributed by atoms with Crippen molar-refractivity contribution in [3.05, 3.63) is 59.5 Å². The van der Waals surface area contributed by atoms with E-state index in [1.807, 2.05) is 13.0 Å². The number of hydrogen-bond acceptors (Lipinski definition) is 3. The highest BCUT2D eigenvalue weighted by molar-refractivity contribution is 5.85. The molecule has 0 saturated heterocycles. The van der Waals surface area contributed by atoms with Crippen LogP contribution in [0.3, 0.4) is 0 Å². The van der Waals surface area contributed by atoms with E-state index in [9.17, 15) is 4.79 Å². The second-order valence-electron chi connectivity index (χ2n) is 5.97. The number of fused-ring (bicyclic) bond motifs is 1. The molecule has 132 valence electrons. The number of hydrogen-bond donors (Lipinski definition) is 2. The van der Waals surface area contributed by atoms with Crippen LogP contribution in [0.25, 0.3) is 0 Å². The maximum atomic E-state index is 12.0. The molecule has 1 aromatic heterocycles. The molecule has 0 atom stereocenters. The van der Waals surface area contributed by atoms with Gasteiger partial charge in [-0.3, -0.25) is 4.79 Å². The van der Waals surface area contributed by atoms with Gasteiger partial charge in [-0.15, -0.1) is 0 Å². The lowest BCUT2D eigenvalue weighted by Crippen LogP contribution is -2.44. The summed E-state index contributed by atoms with van der Waals surface area (Å²) in [6, 6.07) is 12.1. The molecule has 3 rings (SSSR count). The minimum Gasteiger partial charge on any atom is -0.467 e. The fourth-order valence-electron chi connectivity index (χ4n) is 2.90. The Labute approximate surface area is 147 Å². The minimum absolute atomic E-state index is 0.0984. The molecule has 2 aromatic rings. The summed E-state index contributed by atoms with van der Waals surface area (Å²) in [5.74, 6) is 1.39. The first kappa shape index (κ1) is 17.1. The van der Waals surface area contributed by atoms with E-state index in [2.05, 4.69) is 44.8 Å². The normalized spacial score (nSPS) is 14.1. The molecule has 6 heteroatoms. The molecule has 1 aromatic carbocycles. The van der Waals surface area contributed by atoms with Crippen molar-refractivity contribution in [1.82, 2.24) is 15.5 Å². The molecule has 2 heterocycles. The smallest absolute Gasteiger partial charge is 0.242 e. The third kappa shape index (κ3) is 4.62. The van der Waals surface area contributed by atoms with Crippen LogP contribution in [0.1, 0.15) is 23.8 Å². The molecule has 6 nitrogen and oxygen atoms in total. The summed E-state index contributed by atoms with van der Waals surface area (Å²) < 4.78 is 5.21. The van der Waals surface area contributed by atoms with Gasteiger partial charge in [-0.25, -0.2) is 4.99 Å². The van der Waals surface area contributed by atoms with Crippen molar-refractivity contribution in [3.63, 3.8) is 0 Å². The van der Waals surface area contributed by atoms with Crippen LogP contribution >= 0.6 is 0 Å². The van der Waals surface area contributed by atoms with Crippen LogP contribution in [0.5, 0.6) is 0 Å². The third-order valence-corrected chi connectivity index (χ3v) is 4.18. The standard InChI is InChI=1S/C19H24N4O2/c1-2-20-19(22-13-18(24)21-12-17-8-5-11-25-17)23-10-9-15-6-3-4-7-16(15)14-23/h3-8,11H,2,9-10,12-14H2,1H3,(H,20,22)(H,21,24). The maximum absolute atomic E-state index is 12.0. The Morgan fingerprint density at radius 1 is 1.20 bits per heavy atom. The first-order valence-electron chi connectivity index (χ1n) is 8.65.